The molecule has 0 aromatic carbocycles. The molecule has 1 unspecified atom stereocenters. The van der Waals surface area contributed by atoms with Gasteiger partial charge in [-0.2, -0.15) is 0 Å². The Morgan fingerprint density at radius 3 is 2.67 bits per heavy atom. The number of nitrogens with two attached hydrogens (primary N) is 1. The van der Waals surface area contributed by atoms with Crippen LogP contribution in [-0.2, 0) is 0 Å². The van der Waals surface area contributed by atoms with Crippen LogP contribution in [0.3, 0.4) is 0 Å². The highest BCUT2D eigenvalue weighted by atomic mass is 14.9. The maximum absolute atomic E-state index is 5.94. The standard InChI is InChI=1S/C14H18N4/c1-9-7-10(2)12(18-8-9)13(16-3)11-5-4-6-17-14(11)15/h4-8,13,16H,1-3H3,(H2,15,17). The molecule has 0 radical (unpaired) electrons. The number of nitrogen functional groups attached to an aromatic ring is 1. The average molecular weight is 242 g/mol. The molecule has 0 aliphatic rings. The first kappa shape index (κ1) is 12.5. The van der Waals surface area contributed by atoms with Crippen molar-refractivity contribution in [2.75, 3.05) is 12.8 Å². The largest absolute Gasteiger partial charge is 0.383 e. The summed E-state index contributed by atoms with van der Waals surface area (Å²) in [6.07, 6.45) is 3.57. The van der Waals surface area contributed by atoms with E-state index in [2.05, 4.69) is 28.3 Å². The Balaban J connectivity index is 2.49. The Morgan fingerprint density at radius 1 is 1.28 bits per heavy atom. The van der Waals surface area contributed by atoms with E-state index in [4.69, 9.17) is 5.73 Å². The summed E-state index contributed by atoms with van der Waals surface area (Å²) in [6.45, 7) is 4.10. The van der Waals surface area contributed by atoms with Gasteiger partial charge in [-0.25, -0.2) is 4.98 Å². The van der Waals surface area contributed by atoms with Crippen molar-refractivity contribution >= 4 is 5.82 Å². The lowest BCUT2D eigenvalue weighted by Crippen LogP contribution is -2.21. The first-order valence-electron chi connectivity index (χ1n) is 5.94. The maximum Gasteiger partial charge on any atom is 0.128 e. The summed E-state index contributed by atoms with van der Waals surface area (Å²) in [6, 6.07) is 5.96. The van der Waals surface area contributed by atoms with Crippen molar-refractivity contribution in [1.29, 1.82) is 0 Å². The second kappa shape index (κ2) is 5.14. The molecule has 0 aliphatic heterocycles. The fourth-order valence-electron chi connectivity index (χ4n) is 2.14. The van der Waals surface area contributed by atoms with Gasteiger partial charge in [-0.3, -0.25) is 4.98 Å². The van der Waals surface area contributed by atoms with Crippen molar-refractivity contribution in [3.63, 3.8) is 0 Å². The number of anilines is 1. The van der Waals surface area contributed by atoms with E-state index in [0.29, 0.717) is 5.82 Å². The summed E-state index contributed by atoms with van der Waals surface area (Å²) in [5, 5.41) is 3.25. The van der Waals surface area contributed by atoms with E-state index in [1.54, 1.807) is 6.20 Å². The van der Waals surface area contributed by atoms with Crippen molar-refractivity contribution in [3.05, 3.63) is 53.0 Å². The third-order valence-corrected chi connectivity index (χ3v) is 3.00. The zero-order valence-corrected chi connectivity index (χ0v) is 10.9. The van der Waals surface area contributed by atoms with Gasteiger partial charge in [0.2, 0.25) is 0 Å². The second-order valence-electron chi connectivity index (χ2n) is 4.41. The molecule has 18 heavy (non-hydrogen) atoms. The molecule has 0 saturated heterocycles. The highest BCUT2D eigenvalue weighted by molar-refractivity contribution is 5.45. The molecule has 4 nitrogen and oxygen atoms in total. The quantitative estimate of drug-likeness (QED) is 0.864. The summed E-state index contributed by atoms with van der Waals surface area (Å²) >= 11 is 0. The Bertz CT molecular complexity index is 551. The van der Waals surface area contributed by atoms with Gasteiger partial charge in [0.1, 0.15) is 5.82 Å². The highest BCUT2D eigenvalue weighted by Gasteiger charge is 2.18. The molecule has 0 saturated carbocycles. The van der Waals surface area contributed by atoms with Crippen molar-refractivity contribution < 1.29 is 0 Å². The fraction of sp³-hybridized carbons (Fsp3) is 0.286. The van der Waals surface area contributed by atoms with Crippen LogP contribution in [0.15, 0.2) is 30.6 Å². The van der Waals surface area contributed by atoms with Crippen LogP contribution in [0.5, 0.6) is 0 Å². The monoisotopic (exact) mass is 242 g/mol. The minimum atomic E-state index is -0.0284. The first-order valence-corrected chi connectivity index (χ1v) is 5.94. The normalized spacial score (nSPS) is 12.4. The van der Waals surface area contributed by atoms with Gasteiger partial charge >= 0.3 is 0 Å². The molecular formula is C14H18N4. The number of pyridine rings is 2. The molecule has 0 aliphatic carbocycles. The lowest BCUT2D eigenvalue weighted by atomic mass is 10.00. The Labute approximate surface area is 107 Å². The molecule has 0 amide bonds. The molecule has 0 bridgehead atoms. The van der Waals surface area contributed by atoms with E-state index < -0.39 is 0 Å². The number of hydrogen-bond acceptors (Lipinski definition) is 4. The van der Waals surface area contributed by atoms with E-state index in [-0.39, 0.29) is 6.04 Å². The molecule has 4 heteroatoms. The van der Waals surface area contributed by atoms with Crippen LogP contribution in [0, 0.1) is 13.8 Å². The summed E-state index contributed by atoms with van der Waals surface area (Å²) in [7, 11) is 1.90. The average Bonchev–Trinajstić information content (AvgIpc) is 2.34. The zero-order valence-electron chi connectivity index (χ0n) is 10.9. The molecule has 0 fully saturated rings. The molecule has 2 heterocycles. The van der Waals surface area contributed by atoms with Gasteiger partial charge in [0.05, 0.1) is 11.7 Å². The lowest BCUT2D eigenvalue weighted by Gasteiger charge is -2.19. The molecule has 2 aromatic heterocycles. The third kappa shape index (κ3) is 2.33. The van der Waals surface area contributed by atoms with Gasteiger partial charge in [-0.15, -0.1) is 0 Å². The first-order chi connectivity index (χ1) is 8.63. The topological polar surface area (TPSA) is 63.8 Å². The van der Waals surface area contributed by atoms with Crippen molar-refractivity contribution in [1.82, 2.24) is 15.3 Å². The minimum Gasteiger partial charge on any atom is -0.383 e. The van der Waals surface area contributed by atoms with Gasteiger partial charge in [-0.1, -0.05) is 12.1 Å². The second-order valence-corrected chi connectivity index (χ2v) is 4.41. The third-order valence-electron chi connectivity index (χ3n) is 3.00. The van der Waals surface area contributed by atoms with E-state index in [1.807, 2.05) is 32.3 Å². The van der Waals surface area contributed by atoms with Gasteiger partial charge in [0.25, 0.3) is 0 Å². The summed E-state index contributed by atoms with van der Waals surface area (Å²) in [5.41, 5.74) is 10.2. The maximum atomic E-state index is 5.94. The van der Waals surface area contributed by atoms with Crippen LogP contribution in [0.2, 0.25) is 0 Å². The van der Waals surface area contributed by atoms with Crippen LogP contribution < -0.4 is 11.1 Å². The van der Waals surface area contributed by atoms with Crippen LogP contribution in [0.1, 0.15) is 28.4 Å². The SMILES string of the molecule is CNC(c1cccnc1N)c1ncc(C)cc1C. The van der Waals surface area contributed by atoms with Gasteiger partial charge < -0.3 is 11.1 Å². The molecule has 2 rings (SSSR count). The van der Waals surface area contributed by atoms with Crippen LogP contribution in [-0.4, -0.2) is 17.0 Å². The van der Waals surface area contributed by atoms with E-state index in [0.717, 1.165) is 22.4 Å². The minimum absolute atomic E-state index is 0.0284. The van der Waals surface area contributed by atoms with Crippen LogP contribution in [0.25, 0.3) is 0 Å². The van der Waals surface area contributed by atoms with Gasteiger partial charge in [-0.05, 0) is 38.1 Å². The Kier molecular flexibility index (Phi) is 3.58. The number of hydrogen-bond donors (Lipinski definition) is 2. The van der Waals surface area contributed by atoms with Crippen LogP contribution >= 0.6 is 0 Å². The predicted molar refractivity (Wildman–Crippen MR) is 73.3 cm³/mol. The van der Waals surface area contributed by atoms with E-state index in [1.165, 1.54) is 0 Å². The molecule has 3 N–H and O–H groups in total. The van der Waals surface area contributed by atoms with Gasteiger partial charge in [0, 0.05) is 18.0 Å². The Morgan fingerprint density at radius 2 is 2.06 bits per heavy atom. The number of rotatable bonds is 3. The van der Waals surface area contributed by atoms with Crippen LogP contribution in [0.4, 0.5) is 5.82 Å². The van der Waals surface area contributed by atoms with Crippen molar-refractivity contribution in [2.24, 2.45) is 0 Å². The molecular weight excluding hydrogens is 224 g/mol. The summed E-state index contributed by atoms with van der Waals surface area (Å²) in [5.74, 6) is 0.540. The number of aromatic nitrogens is 2. The van der Waals surface area contributed by atoms with E-state index in [9.17, 15) is 0 Å². The fourth-order valence-corrected chi connectivity index (χ4v) is 2.14. The molecule has 1 atom stereocenters. The summed E-state index contributed by atoms with van der Waals surface area (Å²) < 4.78 is 0. The lowest BCUT2D eigenvalue weighted by molar-refractivity contribution is 0.665. The molecule has 0 spiro atoms. The smallest absolute Gasteiger partial charge is 0.128 e. The highest BCUT2D eigenvalue weighted by Crippen LogP contribution is 2.26. The molecule has 94 valence electrons. The van der Waals surface area contributed by atoms with Gasteiger partial charge in [0.15, 0.2) is 0 Å². The number of nitrogens with zero attached hydrogens (tertiary/aromatic N) is 2. The van der Waals surface area contributed by atoms with Crippen molar-refractivity contribution in [3.8, 4) is 0 Å². The predicted octanol–water partition coefficient (Wildman–Crippen LogP) is 1.98. The summed E-state index contributed by atoms with van der Waals surface area (Å²) in [4.78, 5) is 8.65. The zero-order chi connectivity index (χ0) is 13.1. The number of nitrogens with one attached hydrogen (secondary N) is 1. The molecule has 2 aromatic rings. The Hall–Kier alpha value is -1.94. The van der Waals surface area contributed by atoms with E-state index >= 15 is 0 Å². The number of aryl methyl sites for hydroxylation is 2. The van der Waals surface area contributed by atoms with Crippen molar-refractivity contribution in [2.45, 2.75) is 19.9 Å².